The highest BCUT2D eigenvalue weighted by molar-refractivity contribution is 14.1. The Hall–Kier alpha value is -0.980. The number of hydrogen-bond donors (Lipinski definition) is 0. The molecule has 17 heavy (non-hydrogen) atoms. The van der Waals surface area contributed by atoms with E-state index in [0.29, 0.717) is 6.07 Å². The maximum atomic E-state index is 12.6. The molecule has 92 valence electrons. The van der Waals surface area contributed by atoms with Crippen molar-refractivity contribution in [1.82, 2.24) is 4.98 Å². The maximum Gasteiger partial charge on any atom is 0.433 e. The molecule has 0 atom stereocenters. The molecule has 1 heterocycles. The van der Waals surface area contributed by atoms with Crippen molar-refractivity contribution in [3.05, 3.63) is 26.6 Å². The standard InChI is InChI=1S/C9H4F5IN2/c10-8(11)7-4(15)3-6(9(12,13)14)17-5(7)1-2-16/h3,8H,1H2. The summed E-state index contributed by atoms with van der Waals surface area (Å²) < 4.78 is 62.1. The predicted octanol–water partition coefficient (Wildman–Crippen LogP) is 3.71. The Morgan fingerprint density at radius 3 is 2.41 bits per heavy atom. The summed E-state index contributed by atoms with van der Waals surface area (Å²) in [5, 5.41) is 8.39. The molecule has 0 aromatic carbocycles. The molecule has 0 aliphatic carbocycles. The van der Waals surface area contributed by atoms with Gasteiger partial charge in [0.2, 0.25) is 0 Å². The Bertz CT molecular complexity index is 464. The minimum atomic E-state index is -4.72. The van der Waals surface area contributed by atoms with Crippen molar-refractivity contribution in [3.63, 3.8) is 0 Å². The van der Waals surface area contributed by atoms with E-state index >= 15 is 0 Å². The summed E-state index contributed by atoms with van der Waals surface area (Å²) in [5.74, 6) is 0. The Balaban J connectivity index is 3.42. The highest BCUT2D eigenvalue weighted by Gasteiger charge is 2.34. The van der Waals surface area contributed by atoms with Gasteiger partial charge in [0.05, 0.1) is 23.7 Å². The number of rotatable bonds is 2. The SMILES string of the molecule is N#CCc1nc(C(F)(F)F)cc(I)c1C(F)F. The lowest BCUT2D eigenvalue weighted by Gasteiger charge is -2.12. The fourth-order valence-corrected chi connectivity index (χ4v) is 2.00. The minimum Gasteiger partial charge on any atom is -0.247 e. The van der Waals surface area contributed by atoms with Crippen LogP contribution in [0.4, 0.5) is 22.0 Å². The monoisotopic (exact) mass is 362 g/mol. The first kappa shape index (κ1) is 14.1. The Kier molecular flexibility index (Phi) is 4.24. The number of aromatic nitrogens is 1. The van der Waals surface area contributed by atoms with Crippen molar-refractivity contribution in [2.24, 2.45) is 0 Å². The lowest BCUT2D eigenvalue weighted by Crippen LogP contribution is -2.13. The number of nitriles is 1. The van der Waals surface area contributed by atoms with Crippen molar-refractivity contribution in [1.29, 1.82) is 5.26 Å². The van der Waals surface area contributed by atoms with Gasteiger partial charge in [-0.3, -0.25) is 0 Å². The molecule has 0 bridgehead atoms. The first-order chi connectivity index (χ1) is 7.77. The first-order valence-electron chi connectivity index (χ1n) is 4.19. The van der Waals surface area contributed by atoms with E-state index in [1.807, 2.05) is 0 Å². The van der Waals surface area contributed by atoms with Crippen LogP contribution in [-0.2, 0) is 12.6 Å². The van der Waals surface area contributed by atoms with Crippen LogP contribution in [0, 0.1) is 14.9 Å². The maximum absolute atomic E-state index is 12.6. The van der Waals surface area contributed by atoms with Gasteiger partial charge in [0.15, 0.2) is 0 Å². The molecule has 0 saturated carbocycles. The molecule has 0 saturated heterocycles. The van der Waals surface area contributed by atoms with Gasteiger partial charge in [0.1, 0.15) is 5.69 Å². The smallest absolute Gasteiger partial charge is 0.247 e. The van der Waals surface area contributed by atoms with Crippen LogP contribution in [0.1, 0.15) is 23.4 Å². The van der Waals surface area contributed by atoms with Gasteiger partial charge in [-0.2, -0.15) is 18.4 Å². The van der Waals surface area contributed by atoms with Crippen molar-refractivity contribution >= 4 is 22.6 Å². The van der Waals surface area contributed by atoms with Crippen LogP contribution in [0.5, 0.6) is 0 Å². The summed E-state index contributed by atoms with van der Waals surface area (Å²) >= 11 is 1.38. The molecule has 0 spiro atoms. The summed E-state index contributed by atoms with van der Waals surface area (Å²) in [7, 11) is 0. The van der Waals surface area contributed by atoms with Gasteiger partial charge in [0, 0.05) is 3.57 Å². The van der Waals surface area contributed by atoms with Crippen LogP contribution in [0.2, 0.25) is 0 Å². The molecule has 1 rings (SSSR count). The molecular weight excluding hydrogens is 358 g/mol. The minimum absolute atomic E-state index is 0.245. The van der Waals surface area contributed by atoms with Crippen LogP contribution in [0.25, 0.3) is 0 Å². The second kappa shape index (κ2) is 5.12. The van der Waals surface area contributed by atoms with Crippen LogP contribution < -0.4 is 0 Å². The van der Waals surface area contributed by atoms with Crippen molar-refractivity contribution in [2.75, 3.05) is 0 Å². The molecular formula is C9H4F5IN2. The van der Waals surface area contributed by atoms with Gasteiger partial charge >= 0.3 is 6.18 Å². The zero-order chi connectivity index (χ0) is 13.2. The fourth-order valence-electron chi connectivity index (χ4n) is 1.16. The van der Waals surface area contributed by atoms with E-state index in [4.69, 9.17) is 5.26 Å². The fraction of sp³-hybridized carbons (Fsp3) is 0.333. The first-order valence-corrected chi connectivity index (χ1v) is 5.27. The number of hydrogen-bond acceptors (Lipinski definition) is 2. The molecule has 2 nitrogen and oxygen atoms in total. The topological polar surface area (TPSA) is 36.7 Å². The molecule has 0 aliphatic heterocycles. The van der Waals surface area contributed by atoms with Crippen molar-refractivity contribution < 1.29 is 22.0 Å². The quantitative estimate of drug-likeness (QED) is 0.594. The predicted molar refractivity (Wildman–Crippen MR) is 56.2 cm³/mol. The average Bonchev–Trinajstić information content (AvgIpc) is 2.15. The van der Waals surface area contributed by atoms with E-state index in [-0.39, 0.29) is 3.57 Å². The lowest BCUT2D eigenvalue weighted by atomic mass is 10.1. The van der Waals surface area contributed by atoms with Gasteiger partial charge in [-0.15, -0.1) is 0 Å². The molecule has 8 heteroatoms. The third-order valence-electron chi connectivity index (χ3n) is 1.84. The van der Waals surface area contributed by atoms with Crippen LogP contribution >= 0.6 is 22.6 Å². The molecule has 0 unspecified atom stereocenters. The van der Waals surface area contributed by atoms with E-state index in [0.717, 1.165) is 0 Å². The van der Waals surface area contributed by atoms with Crippen molar-refractivity contribution in [2.45, 2.75) is 19.0 Å². The number of halogens is 6. The largest absolute Gasteiger partial charge is 0.433 e. The van der Waals surface area contributed by atoms with Gasteiger partial charge in [-0.25, -0.2) is 13.8 Å². The normalized spacial score (nSPS) is 11.6. The Morgan fingerprint density at radius 1 is 1.41 bits per heavy atom. The molecule has 0 aliphatic rings. The molecule has 0 N–H and O–H groups in total. The summed E-state index contributed by atoms with van der Waals surface area (Å²) in [6, 6.07) is 2.06. The third kappa shape index (κ3) is 3.24. The van der Waals surface area contributed by atoms with Gasteiger partial charge in [0.25, 0.3) is 6.43 Å². The number of pyridine rings is 1. The summed E-state index contributed by atoms with van der Waals surface area (Å²) in [4.78, 5) is 3.08. The van der Waals surface area contributed by atoms with Crippen LogP contribution in [0.3, 0.4) is 0 Å². The van der Waals surface area contributed by atoms with E-state index in [2.05, 4.69) is 4.98 Å². The number of nitrogens with zero attached hydrogens (tertiary/aromatic N) is 2. The van der Waals surface area contributed by atoms with E-state index < -0.39 is 36.0 Å². The van der Waals surface area contributed by atoms with Gasteiger partial charge in [-0.05, 0) is 28.7 Å². The highest BCUT2D eigenvalue weighted by Crippen LogP contribution is 2.33. The average molecular weight is 362 g/mol. The Morgan fingerprint density at radius 2 is 2.00 bits per heavy atom. The molecule has 1 aromatic heterocycles. The van der Waals surface area contributed by atoms with E-state index in [1.165, 1.54) is 28.7 Å². The van der Waals surface area contributed by atoms with Crippen molar-refractivity contribution in [3.8, 4) is 6.07 Å². The van der Waals surface area contributed by atoms with Gasteiger partial charge < -0.3 is 0 Å². The Labute approximate surface area is 107 Å². The summed E-state index contributed by atoms with van der Waals surface area (Å²) in [6.07, 6.45) is -8.26. The second-order valence-electron chi connectivity index (χ2n) is 2.98. The highest BCUT2D eigenvalue weighted by atomic mass is 127. The lowest BCUT2D eigenvalue weighted by molar-refractivity contribution is -0.141. The summed E-state index contributed by atoms with van der Waals surface area (Å²) in [5.41, 5.74) is -2.40. The van der Waals surface area contributed by atoms with E-state index in [9.17, 15) is 22.0 Å². The summed E-state index contributed by atoms with van der Waals surface area (Å²) in [6.45, 7) is 0. The third-order valence-corrected chi connectivity index (χ3v) is 2.73. The van der Waals surface area contributed by atoms with Gasteiger partial charge in [-0.1, -0.05) is 0 Å². The zero-order valence-corrected chi connectivity index (χ0v) is 10.2. The molecule has 0 fully saturated rings. The van der Waals surface area contributed by atoms with Crippen LogP contribution in [-0.4, -0.2) is 4.98 Å². The van der Waals surface area contributed by atoms with Crippen LogP contribution in [0.15, 0.2) is 6.07 Å². The molecule has 1 aromatic rings. The zero-order valence-electron chi connectivity index (χ0n) is 8.02. The van der Waals surface area contributed by atoms with E-state index in [1.54, 1.807) is 0 Å². The molecule has 0 radical (unpaired) electrons. The molecule has 0 amide bonds. The second-order valence-corrected chi connectivity index (χ2v) is 4.15. The number of alkyl halides is 5.